The molecule has 0 aliphatic carbocycles. The van der Waals surface area contributed by atoms with Crippen LogP contribution in [0.1, 0.15) is 72.5 Å². The summed E-state index contributed by atoms with van der Waals surface area (Å²) in [4.78, 5) is 101. The molecule has 0 aromatic heterocycles. The second-order valence-electron chi connectivity index (χ2n) is 19.6. The monoisotopic (exact) mass is 1180 g/mol. The van der Waals surface area contributed by atoms with Gasteiger partial charge < -0.3 is 56.8 Å². The Morgan fingerprint density at radius 1 is 0.299 bits per heavy atom. The van der Waals surface area contributed by atoms with Gasteiger partial charge in [-0.25, -0.2) is 33.6 Å². The highest BCUT2D eigenvalue weighted by molar-refractivity contribution is 5.93. The zero-order valence-electron chi connectivity index (χ0n) is 46.5. The molecule has 442 valence electrons. The van der Waals surface area contributed by atoms with Gasteiger partial charge in [-0.3, -0.25) is 0 Å². The predicted molar refractivity (Wildman–Crippen MR) is 307 cm³/mol. The van der Waals surface area contributed by atoms with E-state index in [0.29, 0.717) is 5.75 Å². The van der Waals surface area contributed by atoms with Gasteiger partial charge in [0.25, 0.3) is 0 Å². The highest BCUT2D eigenvalue weighted by Crippen LogP contribution is 2.38. The molecule has 2 fully saturated rings. The first-order chi connectivity index (χ1) is 42.5. The van der Waals surface area contributed by atoms with Crippen LogP contribution in [0.25, 0.3) is 0 Å². The number of esters is 7. The first-order valence-electron chi connectivity index (χ1n) is 27.5. The molecule has 0 unspecified atom stereocenters. The summed E-state index contributed by atoms with van der Waals surface area (Å²) in [6, 6.07) is 61.1. The second-order valence-corrected chi connectivity index (χ2v) is 19.6. The maximum Gasteiger partial charge on any atom is 0.338 e. The summed E-state index contributed by atoms with van der Waals surface area (Å²) >= 11 is 0. The lowest BCUT2D eigenvalue weighted by Gasteiger charge is -2.48. The molecule has 0 radical (unpaired) electrons. The molecule has 2 aliphatic heterocycles. The van der Waals surface area contributed by atoms with Gasteiger partial charge in [-0.2, -0.15) is 0 Å². The van der Waals surface area contributed by atoms with Gasteiger partial charge in [0.05, 0.1) is 46.1 Å². The van der Waals surface area contributed by atoms with Crippen molar-refractivity contribution in [2.75, 3.05) is 20.3 Å². The van der Waals surface area contributed by atoms with Gasteiger partial charge in [0.2, 0.25) is 6.29 Å². The van der Waals surface area contributed by atoms with Gasteiger partial charge in [0.15, 0.2) is 36.8 Å². The van der Waals surface area contributed by atoms with E-state index in [4.69, 9.17) is 56.8 Å². The number of ether oxygens (including phenoxy) is 12. The van der Waals surface area contributed by atoms with Crippen molar-refractivity contribution in [2.24, 2.45) is 0 Å². The summed E-state index contributed by atoms with van der Waals surface area (Å²) in [5, 5.41) is 0. The first kappa shape index (κ1) is 59.7. The van der Waals surface area contributed by atoms with Crippen LogP contribution >= 0.6 is 0 Å². The molecule has 10 atom stereocenters. The molecule has 0 saturated carbocycles. The smallest absolute Gasteiger partial charge is 0.338 e. The van der Waals surface area contributed by atoms with Crippen LogP contribution in [0.5, 0.6) is 11.5 Å². The number of methoxy groups -OCH3 is 1. The third kappa shape index (κ3) is 15.3. The fourth-order valence-corrected chi connectivity index (χ4v) is 9.46. The molecule has 19 nitrogen and oxygen atoms in total. The van der Waals surface area contributed by atoms with Gasteiger partial charge in [-0.15, -0.1) is 0 Å². The Hall–Kier alpha value is -10.5. The standard InChI is InChI=1S/C68H56O19/c1-76-50-37-39-51(40-38-50)79-67-59(86-66(75)49-35-21-8-22-36-49)57(55(83-63(72)46-29-15-5-16-30-46)53(80-67)42-78-61(70)44-25-11-3-12-26-44)87-68-58(85-65(74)48-33-19-7-20-34-48)56(84-64(73)47-31-17-6-18-32-47)54(82-62(71)45-27-13-4-14-28-45)52(81-68)41-77-60(69)43-23-9-2-10-24-43/h2-40,52-59,67-68H,41-42H2,1H3/t52-,53-,54-,55-,56+,57+,58+,59+,67+,68-/m1/s1. The lowest BCUT2D eigenvalue weighted by Crippen LogP contribution is -2.68. The average molecular weight is 1180 g/mol. The lowest BCUT2D eigenvalue weighted by molar-refractivity contribution is -0.349. The minimum atomic E-state index is -2.11. The highest BCUT2D eigenvalue weighted by atomic mass is 16.8. The number of hydrogen-bond acceptors (Lipinski definition) is 19. The SMILES string of the molecule is COc1ccc(O[C@H]2O[C@H](COC(=O)c3ccccc3)[C@@H](OC(=O)c3ccccc3)[C@H](O[C@H]3O[C@H](COC(=O)c4ccccc4)[C@@H](OC(=O)c4ccccc4)[C@H](OC(=O)c4ccccc4)[C@@H]3OC(=O)c3ccccc3)[C@@H]2OC(=O)c2ccccc2)cc1. The second kappa shape index (κ2) is 28.9. The molecule has 10 rings (SSSR count). The Labute approximate surface area is 499 Å². The fraction of sp³-hybridized carbons (Fsp3) is 0.191. The summed E-state index contributed by atoms with van der Waals surface area (Å²) in [7, 11) is 1.47. The molecule has 2 heterocycles. The van der Waals surface area contributed by atoms with Crippen molar-refractivity contribution in [3.63, 3.8) is 0 Å². The van der Waals surface area contributed by atoms with Crippen molar-refractivity contribution < 1.29 is 90.4 Å². The van der Waals surface area contributed by atoms with E-state index in [0.717, 1.165) is 0 Å². The van der Waals surface area contributed by atoms with Gasteiger partial charge in [-0.05, 0) is 109 Å². The van der Waals surface area contributed by atoms with E-state index in [1.165, 1.54) is 104 Å². The number of carbonyl (C=O) groups is 7. The van der Waals surface area contributed by atoms with Crippen molar-refractivity contribution >= 4 is 41.8 Å². The molecule has 19 heteroatoms. The highest BCUT2D eigenvalue weighted by Gasteiger charge is 2.59. The van der Waals surface area contributed by atoms with Gasteiger partial charge in [-0.1, -0.05) is 127 Å². The van der Waals surface area contributed by atoms with Crippen LogP contribution in [0.3, 0.4) is 0 Å². The summed E-state index contributed by atoms with van der Waals surface area (Å²) < 4.78 is 76.3. The molecule has 8 aromatic rings. The summed E-state index contributed by atoms with van der Waals surface area (Å²) in [6.45, 7) is -1.44. The van der Waals surface area contributed by atoms with Crippen molar-refractivity contribution in [1.82, 2.24) is 0 Å². The van der Waals surface area contributed by atoms with Crippen LogP contribution in [0, 0.1) is 0 Å². The molecular weight excluding hydrogens is 1120 g/mol. The van der Waals surface area contributed by atoms with E-state index >= 15 is 0 Å². The third-order valence-electron chi connectivity index (χ3n) is 13.8. The predicted octanol–water partition coefficient (Wildman–Crippen LogP) is 9.75. The van der Waals surface area contributed by atoms with Crippen LogP contribution < -0.4 is 9.47 Å². The molecule has 8 aromatic carbocycles. The summed E-state index contributed by atoms with van der Waals surface area (Å²) in [5.74, 6) is -6.03. The summed E-state index contributed by atoms with van der Waals surface area (Å²) in [6.07, 6.45) is -18.6. The quantitative estimate of drug-likeness (QED) is 0.0481. The zero-order chi connectivity index (χ0) is 60.5. The minimum Gasteiger partial charge on any atom is -0.497 e. The van der Waals surface area contributed by atoms with Crippen LogP contribution in [0.2, 0.25) is 0 Å². The average Bonchev–Trinajstić information content (AvgIpc) is 3.39. The maximum atomic E-state index is 14.7. The normalized spacial score (nSPS) is 21.3. The Morgan fingerprint density at radius 3 is 0.897 bits per heavy atom. The summed E-state index contributed by atoms with van der Waals surface area (Å²) in [5.41, 5.74) is 0.377. The molecular formula is C68H56O19. The Kier molecular flexibility index (Phi) is 19.8. The number of rotatable bonds is 21. The molecule has 0 amide bonds. The van der Waals surface area contributed by atoms with Crippen LogP contribution in [0.4, 0.5) is 0 Å². The van der Waals surface area contributed by atoms with E-state index in [1.54, 1.807) is 140 Å². The Bertz CT molecular complexity index is 3580. The Morgan fingerprint density at radius 2 is 0.563 bits per heavy atom. The molecule has 2 aliphatic rings. The number of benzene rings is 8. The van der Waals surface area contributed by atoms with E-state index in [9.17, 15) is 33.6 Å². The van der Waals surface area contributed by atoms with E-state index in [2.05, 4.69) is 0 Å². The fourth-order valence-electron chi connectivity index (χ4n) is 9.46. The molecule has 87 heavy (non-hydrogen) atoms. The van der Waals surface area contributed by atoms with E-state index < -0.39 is 116 Å². The van der Waals surface area contributed by atoms with Crippen molar-refractivity contribution in [2.45, 2.75) is 61.4 Å². The van der Waals surface area contributed by atoms with Crippen molar-refractivity contribution in [1.29, 1.82) is 0 Å². The van der Waals surface area contributed by atoms with Gasteiger partial charge in [0.1, 0.15) is 43.0 Å². The van der Waals surface area contributed by atoms with Crippen LogP contribution in [-0.2, 0) is 47.4 Å². The maximum absolute atomic E-state index is 14.7. The lowest BCUT2D eigenvalue weighted by atomic mass is 9.95. The first-order valence-corrected chi connectivity index (χ1v) is 27.5. The molecule has 0 spiro atoms. The number of hydrogen-bond donors (Lipinski definition) is 0. The van der Waals surface area contributed by atoms with Crippen molar-refractivity contribution in [3.8, 4) is 11.5 Å². The van der Waals surface area contributed by atoms with Gasteiger partial charge >= 0.3 is 41.8 Å². The van der Waals surface area contributed by atoms with Gasteiger partial charge in [0, 0.05) is 0 Å². The van der Waals surface area contributed by atoms with Crippen LogP contribution in [0.15, 0.2) is 237 Å². The molecule has 0 bridgehead atoms. The van der Waals surface area contributed by atoms with Crippen molar-refractivity contribution in [3.05, 3.63) is 276 Å². The molecule has 2 saturated heterocycles. The topological polar surface area (TPSA) is 230 Å². The van der Waals surface area contributed by atoms with E-state index in [1.807, 2.05) is 0 Å². The Balaban J connectivity index is 1.15. The number of carbonyl (C=O) groups excluding carboxylic acids is 7. The minimum absolute atomic E-state index is 0.00593. The van der Waals surface area contributed by atoms with E-state index in [-0.39, 0.29) is 44.7 Å². The largest absolute Gasteiger partial charge is 0.497 e. The van der Waals surface area contributed by atoms with Crippen LogP contribution in [-0.4, -0.2) is 124 Å². The molecule has 0 N–H and O–H groups in total. The third-order valence-corrected chi connectivity index (χ3v) is 13.8. The zero-order valence-corrected chi connectivity index (χ0v) is 46.5.